The predicted octanol–water partition coefficient (Wildman–Crippen LogP) is 3.63. The number of likely N-dealkylation sites (tertiary alicyclic amines) is 1. The summed E-state index contributed by atoms with van der Waals surface area (Å²) in [5, 5.41) is 15.8. The highest BCUT2D eigenvalue weighted by Gasteiger charge is 2.24. The molecule has 1 saturated heterocycles. The van der Waals surface area contributed by atoms with E-state index in [0.717, 1.165) is 24.4 Å². The number of hydrogen-bond donors (Lipinski definition) is 3. The third kappa shape index (κ3) is 6.10. The highest BCUT2D eigenvalue weighted by molar-refractivity contribution is 14.0. The summed E-state index contributed by atoms with van der Waals surface area (Å²) in [4.78, 5) is 6.69. The van der Waals surface area contributed by atoms with Crippen molar-refractivity contribution in [3.8, 4) is 5.75 Å². The molecule has 1 atom stereocenters. The number of aromatic hydroxyl groups is 1. The van der Waals surface area contributed by atoms with Gasteiger partial charge in [-0.3, -0.25) is 9.89 Å². The number of nitrogens with one attached hydrogen (secondary N) is 2. The maximum absolute atomic E-state index is 13.5. The van der Waals surface area contributed by atoms with Gasteiger partial charge in [-0.15, -0.1) is 24.0 Å². The van der Waals surface area contributed by atoms with Crippen LogP contribution in [0.15, 0.2) is 46.0 Å². The van der Waals surface area contributed by atoms with Gasteiger partial charge >= 0.3 is 0 Å². The molecule has 8 heteroatoms. The number of rotatable bonds is 6. The van der Waals surface area contributed by atoms with E-state index < -0.39 is 5.82 Å². The zero-order valence-corrected chi connectivity index (χ0v) is 18.4. The summed E-state index contributed by atoms with van der Waals surface area (Å²) in [7, 11) is 1.70. The first-order valence-corrected chi connectivity index (χ1v) is 9.36. The van der Waals surface area contributed by atoms with Gasteiger partial charge in [0.2, 0.25) is 0 Å². The number of guanidine groups is 1. The second-order valence-electron chi connectivity index (χ2n) is 6.72. The quantitative estimate of drug-likeness (QED) is 0.320. The Morgan fingerprint density at radius 2 is 2.04 bits per heavy atom. The topological polar surface area (TPSA) is 73.0 Å². The third-order valence-corrected chi connectivity index (χ3v) is 4.86. The smallest absolute Gasteiger partial charge is 0.191 e. The molecule has 3 rings (SSSR count). The van der Waals surface area contributed by atoms with Gasteiger partial charge in [0.25, 0.3) is 0 Å². The molecular weight excluding hydrogens is 474 g/mol. The first-order chi connectivity index (χ1) is 13.2. The minimum absolute atomic E-state index is 0. The maximum Gasteiger partial charge on any atom is 0.191 e. The number of halogens is 2. The van der Waals surface area contributed by atoms with Crippen molar-refractivity contribution in [2.24, 2.45) is 4.99 Å². The Balaban J connectivity index is 0.00000280. The van der Waals surface area contributed by atoms with Crippen LogP contribution < -0.4 is 10.6 Å². The second kappa shape index (κ2) is 11.3. The first kappa shape index (κ1) is 22.5. The Bertz CT molecular complexity index is 749. The molecule has 0 spiro atoms. The predicted molar refractivity (Wildman–Crippen MR) is 119 cm³/mol. The average molecular weight is 502 g/mol. The Labute approximate surface area is 182 Å². The zero-order chi connectivity index (χ0) is 19.1. The van der Waals surface area contributed by atoms with Crippen molar-refractivity contribution in [1.29, 1.82) is 0 Å². The van der Waals surface area contributed by atoms with Crippen LogP contribution in [0, 0.1) is 5.82 Å². The van der Waals surface area contributed by atoms with Gasteiger partial charge < -0.3 is 20.2 Å². The van der Waals surface area contributed by atoms with Crippen LogP contribution in [-0.2, 0) is 6.54 Å². The molecule has 28 heavy (non-hydrogen) atoms. The minimum atomic E-state index is -0.625. The summed E-state index contributed by atoms with van der Waals surface area (Å²) in [6.45, 7) is 3.20. The normalized spacial score (nSPS) is 16.3. The molecule has 3 N–H and O–H groups in total. The first-order valence-electron chi connectivity index (χ1n) is 9.36. The van der Waals surface area contributed by atoms with Crippen LogP contribution >= 0.6 is 24.0 Å². The van der Waals surface area contributed by atoms with Gasteiger partial charge in [0.1, 0.15) is 5.76 Å². The molecule has 1 aliphatic heterocycles. The van der Waals surface area contributed by atoms with Crippen molar-refractivity contribution in [2.75, 3.05) is 26.7 Å². The third-order valence-electron chi connectivity index (χ3n) is 4.86. The van der Waals surface area contributed by atoms with Gasteiger partial charge in [-0.25, -0.2) is 4.39 Å². The van der Waals surface area contributed by atoms with E-state index in [1.165, 1.54) is 31.4 Å². The monoisotopic (exact) mass is 502 g/mol. The van der Waals surface area contributed by atoms with Gasteiger partial charge in [-0.1, -0.05) is 12.5 Å². The molecule has 1 fully saturated rings. The SMILES string of the molecule is CN=C(NCc1ccc(O)c(F)c1)NCC(c1ccco1)N1CCCCC1.I. The summed E-state index contributed by atoms with van der Waals surface area (Å²) in [6, 6.07) is 8.42. The largest absolute Gasteiger partial charge is 0.505 e. The van der Waals surface area contributed by atoms with Crippen molar-refractivity contribution >= 4 is 29.9 Å². The molecule has 1 aromatic heterocycles. The molecule has 1 unspecified atom stereocenters. The number of phenolic OH excluding ortho intramolecular Hbond substituents is 1. The van der Waals surface area contributed by atoms with Crippen LogP contribution in [0.2, 0.25) is 0 Å². The Kier molecular flexibility index (Phi) is 9.04. The van der Waals surface area contributed by atoms with Crippen molar-refractivity contribution in [1.82, 2.24) is 15.5 Å². The molecule has 6 nitrogen and oxygen atoms in total. The summed E-state index contributed by atoms with van der Waals surface area (Å²) >= 11 is 0. The van der Waals surface area contributed by atoms with Gasteiger partial charge in [-0.2, -0.15) is 0 Å². The lowest BCUT2D eigenvalue weighted by molar-refractivity contribution is 0.146. The van der Waals surface area contributed by atoms with E-state index in [0.29, 0.717) is 19.0 Å². The number of hydrogen-bond acceptors (Lipinski definition) is 4. The lowest BCUT2D eigenvalue weighted by Crippen LogP contribution is -2.44. The number of benzene rings is 1. The number of aliphatic imine (C=N–C) groups is 1. The van der Waals surface area contributed by atoms with Crippen molar-refractivity contribution in [2.45, 2.75) is 31.8 Å². The molecule has 1 aliphatic rings. The Hall–Kier alpha value is -1.81. The molecule has 2 aromatic rings. The van der Waals surface area contributed by atoms with Gasteiger partial charge in [-0.05, 0) is 55.8 Å². The fourth-order valence-corrected chi connectivity index (χ4v) is 3.38. The molecule has 0 radical (unpaired) electrons. The van der Waals surface area contributed by atoms with Crippen LogP contribution in [0.25, 0.3) is 0 Å². The number of phenols is 1. The van der Waals surface area contributed by atoms with E-state index in [4.69, 9.17) is 4.42 Å². The van der Waals surface area contributed by atoms with Crippen LogP contribution in [0.4, 0.5) is 4.39 Å². The number of nitrogens with zero attached hydrogens (tertiary/aromatic N) is 2. The fourth-order valence-electron chi connectivity index (χ4n) is 3.38. The Morgan fingerprint density at radius 1 is 1.25 bits per heavy atom. The van der Waals surface area contributed by atoms with Crippen molar-refractivity contribution in [3.63, 3.8) is 0 Å². The fraction of sp³-hybridized carbons (Fsp3) is 0.450. The highest BCUT2D eigenvalue weighted by Crippen LogP contribution is 2.24. The summed E-state index contributed by atoms with van der Waals surface area (Å²) in [5.41, 5.74) is 0.729. The Morgan fingerprint density at radius 3 is 2.68 bits per heavy atom. The lowest BCUT2D eigenvalue weighted by atomic mass is 10.1. The van der Waals surface area contributed by atoms with Crippen molar-refractivity contribution in [3.05, 3.63) is 53.7 Å². The van der Waals surface area contributed by atoms with Crippen LogP contribution in [0.3, 0.4) is 0 Å². The van der Waals surface area contributed by atoms with Crippen LogP contribution in [0.5, 0.6) is 5.75 Å². The summed E-state index contributed by atoms with van der Waals surface area (Å²) < 4.78 is 19.1. The summed E-state index contributed by atoms with van der Waals surface area (Å²) in [5.74, 6) is 0.613. The second-order valence-corrected chi connectivity index (χ2v) is 6.72. The molecule has 2 heterocycles. The number of piperidine rings is 1. The standard InChI is InChI=1S/C20H27FN4O2.HI/c1-22-20(23-13-15-7-8-18(26)16(21)12-15)24-14-17(19-6-5-11-27-19)25-9-3-2-4-10-25;/h5-8,11-12,17,26H,2-4,9-10,13-14H2,1H3,(H2,22,23,24);1H. The van der Waals surface area contributed by atoms with Crippen molar-refractivity contribution < 1.29 is 13.9 Å². The van der Waals surface area contributed by atoms with Gasteiger partial charge in [0, 0.05) is 20.1 Å². The van der Waals surface area contributed by atoms with Gasteiger partial charge in [0.05, 0.1) is 12.3 Å². The van der Waals surface area contributed by atoms with Gasteiger partial charge in [0.15, 0.2) is 17.5 Å². The molecule has 0 aliphatic carbocycles. The zero-order valence-electron chi connectivity index (χ0n) is 16.0. The van der Waals surface area contributed by atoms with E-state index >= 15 is 0 Å². The van der Waals surface area contributed by atoms with E-state index in [1.54, 1.807) is 19.4 Å². The van der Waals surface area contributed by atoms with Crippen LogP contribution in [0.1, 0.15) is 36.6 Å². The molecular formula is C20H28FIN4O2. The van der Waals surface area contributed by atoms with E-state index in [1.807, 2.05) is 12.1 Å². The molecule has 154 valence electrons. The number of furan rings is 1. The highest BCUT2D eigenvalue weighted by atomic mass is 127. The minimum Gasteiger partial charge on any atom is -0.505 e. The van der Waals surface area contributed by atoms with E-state index in [-0.39, 0.29) is 35.8 Å². The lowest BCUT2D eigenvalue weighted by Gasteiger charge is -2.33. The molecule has 0 saturated carbocycles. The average Bonchev–Trinajstić information content (AvgIpc) is 3.22. The van der Waals surface area contributed by atoms with E-state index in [9.17, 15) is 9.50 Å². The molecule has 0 amide bonds. The maximum atomic E-state index is 13.5. The summed E-state index contributed by atoms with van der Waals surface area (Å²) in [6.07, 6.45) is 5.40. The molecule has 0 bridgehead atoms. The molecule has 1 aromatic carbocycles. The van der Waals surface area contributed by atoms with E-state index in [2.05, 4.69) is 20.5 Å². The van der Waals surface area contributed by atoms with Crippen LogP contribution in [-0.4, -0.2) is 42.6 Å².